The lowest BCUT2D eigenvalue weighted by Crippen LogP contribution is -2.32. The van der Waals surface area contributed by atoms with Crippen LogP contribution in [0.25, 0.3) is 0 Å². The second-order valence-corrected chi connectivity index (χ2v) is 5.33. The largest absolute Gasteiger partial charge is 0.480 e. The minimum absolute atomic E-state index is 0.0873. The highest BCUT2D eigenvalue weighted by atomic mass is 32.2. The Balaban J connectivity index is 4.55. The minimum Gasteiger partial charge on any atom is -0.480 e. The van der Waals surface area contributed by atoms with E-state index < -0.39 is 27.7 Å². The van der Waals surface area contributed by atoms with Crippen LogP contribution in [0, 0.1) is 0 Å². The number of carbonyl (C=O) groups is 1. The van der Waals surface area contributed by atoms with Gasteiger partial charge in [0, 0.05) is 0 Å². The van der Waals surface area contributed by atoms with Gasteiger partial charge in [-0.2, -0.15) is 0 Å². The van der Waals surface area contributed by atoms with Crippen LogP contribution >= 0.6 is 0 Å². The van der Waals surface area contributed by atoms with E-state index in [1.807, 2.05) is 0 Å². The molecule has 0 amide bonds. The monoisotopic (exact) mass is 226 g/mol. The molecule has 0 fully saturated rings. The lowest BCUT2D eigenvalue weighted by Gasteiger charge is -2.11. The second kappa shape index (κ2) is 5.95. The Bertz CT molecular complexity index is 273. The lowest BCUT2D eigenvalue weighted by molar-refractivity contribution is -0.136. The van der Waals surface area contributed by atoms with Crippen molar-refractivity contribution in [1.29, 1.82) is 0 Å². The number of rotatable bonds is 7. The summed E-state index contributed by atoms with van der Waals surface area (Å²) >= 11 is 0. The topological polar surface area (TPSA) is 71.4 Å². The third kappa shape index (κ3) is 4.04. The Labute approximate surface area is 83.0 Å². The number of aliphatic carboxylic acids is 1. The molecule has 0 spiro atoms. The summed E-state index contributed by atoms with van der Waals surface area (Å²) in [4.78, 5) is 10.6. The Morgan fingerprint density at radius 2 is 2.07 bits per heavy atom. The van der Waals surface area contributed by atoms with Crippen molar-refractivity contribution in [3.05, 3.63) is 0 Å². The van der Waals surface area contributed by atoms with Gasteiger partial charge in [0.1, 0.15) is 0 Å². The average molecular weight is 226 g/mol. The molecule has 0 aliphatic heterocycles. The van der Waals surface area contributed by atoms with Crippen LogP contribution in [0.1, 0.15) is 26.2 Å². The van der Waals surface area contributed by atoms with Crippen LogP contribution in [0.4, 0.5) is 4.39 Å². The van der Waals surface area contributed by atoms with Gasteiger partial charge in [-0.1, -0.05) is 13.3 Å². The van der Waals surface area contributed by atoms with E-state index >= 15 is 0 Å². The second-order valence-electron chi connectivity index (χ2n) is 3.03. The summed E-state index contributed by atoms with van der Waals surface area (Å²) in [5.41, 5.74) is 0. The summed E-state index contributed by atoms with van der Waals surface area (Å²) < 4.78 is 34.5. The number of hydrogen-bond donors (Lipinski definition) is 1. The molecule has 84 valence electrons. The maximum Gasteiger partial charge on any atom is 0.321 e. The quantitative estimate of drug-likeness (QED) is 0.703. The van der Waals surface area contributed by atoms with Gasteiger partial charge in [0.25, 0.3) is 0 Å². The molecular weight excluding hydrogens is 211 g/mol. The highest BCUT2D eigenvalue weighted by Crippen LogP contribution is 2.11. The maximum atomic E-state index is 11.8. The van der Waals surface area contributed by atoms with Crippen LogP contribution in [0.2, 0.25) is 0 Å². The van der Waals surface area contributed by atoms with Gasteiger partial charge >= 0.3 is 5.97 Å². The molecule has 0 rings (SSSR count). The number of hydrogen-bond acceptors (Lipinski definition) is 3. The molecule has 0 aromatic rings. The van der Waals surface area contributed by atoms with Gasteiger partial charge in [-0.25, -0.2) is 8.42 Å². The van der Waals surface area contributed by atoms with Crippen LogP contribution in [0.15, 0.2) is 0 Å². The molecule has 0 saturated carbocycles. The Morgan fingerprint density at radius 1 is 1.50 bits per heavy atom. The van der Waals surface area contributed by atoms with Crippen molar-refractivity contribution in [2.75, 3.05) is 12.4 Å². The van der Waals surface area contributed by atoms with Crippen molar-refractivity contribution in [2.45, 2.75) is 31.4 Å². The normalized spacial score (nSPS) is 13.9. The van der Waals surface area contributed by atoms with Crippen LogP contribution in [0.3, 0.4) is 0 Å². The minimum atomic E-state index is -3.69. The fraction of sp³-hybridized carbons (Fsp3) is 0.875. The van der Waals surface area contributed by atoms with Gasteiger partial charge in [0.05, 0.1) is 12.4 Å². The fourth-order valence-corrected chi connectivity index (χ4v) is 2.81. The van der Waals surface area contributed by atoms with Gasteiger partial charge in [-0.3, -0.25) is 9.18 Å². The molecule has 1 atom stereocenters. The molecule has 0 aliphatic carbocycles. The van der Waals surface area contributed by atoms with E-state index in [4.69, 9.17) is 5.11 Å². The summed E-state index contributed by atoms with van der Waals surface area (Å²) in [6.07, 6.45) is 0.436. The summed E-state index contributed by atoms with van der Waals surface area (Å²) in [7, 11) is -3.69. The smallest absolute Gasteiger partial charge is 0.321 e. The van der Waals surface area contributed by atoms with Gasteiger partial charge in [-0.05, 0) is 12.8 Å². The first kappa shape index (κ1) is 13.4. The van der Waals surface area contributed by atoms with E-state index in [2.05, 4.69) is 0 Å². The molecular formula is C8H15FO4S. The Morgan fingerprint density at radius 3 is 2.43 bits per heavy atom. The molecule has 0 radical (unpaired) electrons. The van der Waals surface area contributed by atoms with E-state index in [-0.39, 0.29) is 18.6 Å². The molecule has 1 unspecified atom stereocenters. The molecule has 0 aromatic carbocycles. The highest BCUT2D eigenvalue weighted by molar-refractivity contribution is 7.92. The summed E-state index contributed by atoms with van der Waals surface area (Å²) in [6.45, 7) is 0.971. The SMILES string of the molecule is CCCC(C(=O)O)S(=O)(=O)CCCF. The molecule has 0 saturated heterocycles. The van der Waals surface area contributed by atoms with Crippen molar-refractivity contribution in [3.63, 3.8) is 0 Å². The highest BCUT2D eigenvalue weighted by Gasteiger charge is 2.30. The third-order valence-electron chi connectivity index (χ3n) is 1.82. The number of carboxylic acids is 1. The first-order valence-corrected chi connectivity index (χ1v) is 6.17. The zero-order chi connectivity index (χ0) is 11.2. The van der Waals surface area contributed by atoms with E-state index in [1.54, 1.807) is 6.92 Å². The molecule has 0 aromatic heterocycles. The lowest BCUT2D eigenvalue weighted by atomic mass is 10.2. The van der Waals surface area contributed by atoms with E-state index in [0.29, 0.717) is 6.42 Å². The average Bonchev–Trinajstić information content (AvgIpc) is 2.10. The third-order valence-corrected chi connectivity index (χ3v) is 3.98. The molecule has 0 heterocycles. The fourth-order valence-electron chi connectivity index (χ4n) is 1.12. The van der Waals surface area contributed by atoms with Crippen LogP contribution in [0.5, 0.6) is 0 Å². The molecule has 6 heteroatoms. The maximum absolute atomic E-state index is 11.8. The van der Waals surface area contributed by atoms with Crippen molar-refractivity contribution < 1.29 is 22.7 Å². The zero-order valence-electron chi connectivity index (χ0n) is 8.07. The number of carboxylic acid groups (broad SMARTS) is 1. The van der Waals surface area contributed by atoms with Gasteiger partial charge in [0.15, 0.2) is 15.1 Å². The standard InChI is InChI=1S/C8H15FO4S/c1-2-4-7(8(10)11)14(12,13)6-3-5-9/h7H,2-6H2,1H3,(H,10,11). The van der Waals surface area contributed by atoms with Gasteiger partial charge < -0.3 is 5.11 Å². The molecule has 14 heavy (non-hydrogen) atoms. The molecule has 0 aliphatic rings. The predicted octanol–water partition coefficient (Wildman–Crippen LogP) is 1.01. The van der Waals surface area contributed by atoms with E-state index in [9.17, 15) is 17.6 Å². The molecule has 0 bridgehead atoms. The summed E-state index contributed by atoms with van der Waals surface area (Å²) in [6, 6.07) is 0. The molecule has 1 N–H and O–H groups in total. The van der Waals surface area contributed by atoms with Crippen molar-refractivity contribution >= 4 is 15.8 Å². The van der Waals surface area contributed by atoms with Crippen molar-refractivity contribution in [3.8, 4) is 0 Å². The summed E-state index contributed by atoms with van der Waals surface area (Å²) in [5, 5.41) is 7.29. The first-order chi connectivity index (χ1) is 6.45. The predicted molar refractivity (Wildman–Crippen MR) is 50.7 cm³/mol. The summed E-state index contributed by atoms with van der Waals surface area (Å²) in [5.74, 6) is -1.73. The van der Waals surface area contributed by atoms with E-state index in [1.165, 1.54) is 0 Å². The number of halogens is 1. The Hall–Kier alpha value is -0.650. The van der Waals surface area contributed by atoms with Crippen LogP contribution in [-0.4, -0.2) is 37.2 Å². The number of sulfone groups is 1. The van der Waals surface area contributed by atoms with Crippen molar-refractivity contribution in [2.24, 2.45) is 0 Å². The van der Waals surface area contributed by atoms with E-state index in [0.717, 1.165) is 0 Å². The van der Waals surface area contributed by atoms with Crippen LogP contribution < -0.4 is 0 Å². The van der Waals surface area contributed by atoms with Crippen LogP contribution in [-0.2, 0) is 14.6 Å². The Kier molecular flexibility index (Phi) is 5.68. The molecule has 4 nitrogen and oxygen atoms in total. The van der Waals surface area contributed by atoms with Crippen molar-refractivity contribution in [1.82, 2.24) is 0 Å². The van der Waals surface area contributed by atoms with Gasteiger partial charge in [-0.15, -0.1) is 0 Å². The number of alkyl halides is 1. The van der Waals surface area contributed by atoms with Gasteiger partial charge in [0.2, 0.25) is 0 Å². The first-order valence-electron chi connectivity index (χ1n) is 4.46. The zero-order valence-corrected chi connectivity index (χ0v) is 8.89.